The molecule has 0 saturated heterocycles. The van der Waals surface area contributed by atoms with E-state index >= 15 is 0 Å². The van der Waals surface area contributed by atoms with Gasteiger partial charge in [-0.3, -0.25) is 4.79 Å². The van der Waals surface area contributed by atoms with E-state index in [-0.39, 0.29) is 12.2 Å². The van der Waals surface area contributed by atoms with Crippen molar-refractivity contribution >= 4 is 33.6 Å². The summed E-state index contributed by atoms with van der Waals surface area (Å²) >= 11 is 2.16. The van der Waals surface area contributed by atoms with Crippen LogP contribution < -0.4 is 24.4 Å². The second-order valence-corrected chi connectivity index (χ2v) is 9.56. The Bertz CT molecular complexity index is 1630. The highest BCUT2D eigenvalue weighted by Gasteiger charge is 2.21. The van der Waals surface area contributed by atoms with Gasteiger partial charge >= 0.3 is 0 Å². The van der Waals surface area contributed by atoms with Gasteiger partial charge in [-0.05, 0) is 51.9 Å². The number of halogens is 1. The molecule has 0 atom stereocenters. The zero-order valence-electron chi connectivity index (χ0n) is 19.6. The maximum Gasteiger partial charge on any atom is 0.231 e. The fourth-order valence-electron chi connectivity index (χ4n) is 4.13. The van der Waals surface area contributed by atoms with Gasteiger partial charge < -0.3 is 23.4 Å². The number of fused-ring (bicyclic) bond motifs is 2. The molecule has 1 aliphatic heterocycles. The van der Waals surface area contributed by atoms with E-state index in [2.05, 4.69) is 22.6 Å². The highest BCUT2D eigenvalue weighted by molar-refractivity contribution is 14.1. The second-order valence-electron chi connectivity index (χ2n) is 8.48. The summed E-state index contributed by atoms with van der Waals surface area (Å²) in [7, 11) is 0. The summed E-state index contributed by atoms with van der Waals surface area (Å²) in [6.45, 7) is 0.840. The minimum atomic E-state index is -0.204. The van der Waals surface area contributed by atoms with E-state index in [1.54, 1.807) is 12.1 Å². The molecule has 0 amide bonds. The summed E-state index contributed by atoms with van der Waals surface area (Å²) in [6, 6.07) is 28.4. The Kier molecular flexibility index (Phi) is 6.44. The third kappa shape index (κ3) is 4.86. The van der Waals surface area contributed by atoms with Crippen LogP contribution in [-0.4, -0.2) is 6.79 Å². The zero-order valence-corrected chi connectivity index (χ0v) is 21.8. The van der Waals surface area contributed by atoms with Gasteiger partial charge in [0, 0.05) is 17.7 Å². The molecule has 184 valence electrons. The summed E-state index contributed by atoms with van der Waals surface area (Å²) < 4.78 is 30.3. The molecule has 6 nitrogen and oxygen atoms in total. The number of rotatable bonds is 7. The standard InChI is InChI=1S/C30H21IO6/c31-29-27(34-17-20-9-5-2-6-10-20)15-26(33-16-19-7-3-1-4-8-19)28-22(32)14-24(37-30(28)29)21-11-12-23-25(13-21)36-18-35-23/h1-15H,16-18H2. The van der Waals surface area contributed by atoms with Crippen molar-refractivity contribution in [1.82, 2.24) is 0 Å². The molecule has 0 radical (unpaired) electrons. The van der Waals surface area contributed by atoms with Gasteiger partial charge in [0.2, 0.25) is 6.79 Å². The molecule has 4 aromatic carbocycles. The first-order valence-corrected chi connectivity index (χ1v) is 12.8. The van der Waals surface area contributed by atoms with Gasteiger partial charge in [-0.2, -0.15) is 0 Å². The summed E-state index contributed by atoms with van der Waals surface area (Å²) in [4.78, 5) is 13.4. The van der Waals surface area contributed by atoms with Gasteiger partial charge in [-0.15, -0.1) is 0 Å². The lowest BCUT2D eigenvalue weighted by Gasteiger charge is -2.15. The molecule has 2 heterocycles. The third-order valence-electron chi connectivity index (χ3n) is 6.00. The van der Waals surface area contributed by atoms with Crippen molar-refractivity contribution in [2.45, 2.75) is 13.2 Å². The van der Waals surface area contributed by atoms with Crippen LogP contribution in [0.15, 0.2) is 100 Å². The van der Waals surface area contributed by atoms with Gasteiger partial charge in [0.05, 0.1) is 3.57 Å². The number of hydrogen-bond acceptors (Lipinski definition) is 6. The van der Waals surface area contributed by atoms with Crippen molar-refractivity contribution in [1.29, 1.82) is 0 Å². The third-order valence-corrected chi connectivity index (χ3v) is 7.02. The van der Waals surface area contributed by atoms with Gasteiger partial charge in [0.1, 0.15) is 35.9 Å². The van der Waals surface area contributed by atoms with E-state index in [1.807, 2.05) is 72.8 Å². The van der Waals surface area contributed by atoms with Gasteiger partial charge in [-0.25, -0.2) is 0 Å². The van der Waals surface area contributed by atoms with Crippen LogP contribution in [0.5, 0.6) is 23.0 Å². The topological polar surface area (TPSA) is 67.1 Å². The Labute approximate surface area is 226 Å². The molecule has 0 aliphatic carbocycles. The molecule has 1 aliphatic rings. The molecule has 5 aromatic rings. The van der Waals surface area contributed by atoms with E-state index in [4.69, 9.17) is 23.4 Å². The minimum absolute atomic E-state index is 0.169. The van der Waals surface area contributed by atoms with Crippen molar-refractivity contribution in [2.75, 3.05) is 6.79 Å². The Hall–Kier alpha value is -3.98. The lowest BCUT2D eigenvalue weighted by Crippen LogP contribution is -2.07. The van der Waals surface area contributed by atoms with Crippen LogP contribution in [-0.2, 0) is 13.2 Å². The van der Waals surface area contributed by atoms with Crippen LogP contribution in [0, 0.1) is 3.57 Å². The SMILES string of the molecule is O=c1cc(-c2ccc3c(c2)OCO3)oc2c(I)c(OCc3ccccc3)cc(OCc3ccccc3)c12. The fraction of sp³-hybridized carbons (Fsp3) is 0.100. The van der Waals surface area contributed by atoms with Crippen molar-refractivity contribution in [3.05, 3.63) is 116 Å². The van der Waals surface area contributed by atoms with Crippen LogP contribution in [0.2, 0.25) is 0 Å². The van der Waals surface area contributed by atoms with Crippen LogP contribution >= 0.6 is 22.6 Å². The molecule has 0 spiro atoms. The predicted molar refractivity (Wildman–Crippen MR) is 148 cm³/mol. The quantitative estimate of drug-likeness (QED) is 0.188. The first-order chi connectivity index (χ1) is 18.2. The lowest BCUT2D eigenvalue weighted by molar-refractivity contribution is 0.174. The molecule has 7 heteroatoms. The summed E-state index contributed by atoms with van der Waals surface area (Å²) in [5.74, 6) is 2.68. The van der Waals surface area contributed by atoms with Gasteiger partial charge in [-0.1, -0.05) is 60.7 Å². The van der Waals surface area contributed by atoms with Crippen molar-refractivity contribution in [3.63, 3.8) is 0 Å². The van der Waals surface area contributed by atoms with Gasteiger partial charge in [0.25, 0.3) is 0 Å². The molecule has 0 saturated carbocycles. The average molecular weight is 604 g/mol. The molecule has 37 heavy (non-hydrogen) atoms. The summed E-state index contributed by atoms with van der Waals surface area (Å²) in [5, 5.41) is 0.372. The van der Waals surface area contributed by atoms with E-state index in [0.29, 0.717) is 62.1 Å². The Morgan fingerprint density at radius 2 is 1.38 bits per heavy atom. The highest BCUT2D eigenvalue weighted by atomic mass is 127. The molecule has 6 rings (SSSR count). The van der Waals surface area contributed by atoms with Crippen LogP contribution in [0.4, 0.5) is 0 Å². The first kappa shape index (κ1) is 23.4. The molecule has 0 N–H and O–H groups in total. The highest BCUT2D eigenvalue weighted by Crippen LogP contribution is 2.40. The summed E-state index contributed by atoms with van der Waals surface area (Å²) in [5.41, 5.74) is 2.93. The minimum Gasteiger partial charge on any atom is -0.488 e. The summed E-state index contributed by atoms with van der Waals surface area (Å²) in [6.07, 6.45) is 0. The molecule has 0 unspecified atom stereocenters. The number of benzene rings is 4. The molecular weight excluding hydrogens is 583 g/mol. The first-order valence-electron chi connectivity index (χ1n) is 11.7. The molecule has 0 fully saturated rings. The maximum absolute atomic E-state index is 13.4. The van der Waals surface area contributed by atoms with E-state index in [0.717, 1.165) is 11.1 Å². The van der Waals surface area contributed by atoms with E-state index in [1.165, 1.54) is 6.07 Å². The smallest absolute Gasteiger partial charge is 0.231 e. The Balaban J connectivity index is 1.44. The number of ether oxygens (including phenoxy) is 4. The fourth-order valence-corrected chi connectivity index (χ4v) is 4.82. The average Bonchev–Trinajstić information content (AvgIpc) is 3.41. The monoisotopic (exact) mass is 604 g/mol. The lowest BCUT2D eigenvalue weighted by atomic mass is 10.1. The van der Waals surface area contributed by atoms with E-state index in [9.17, 15) is 4.79 Å². The van der Waals surface area contributed by atoms with Crippen molar-refractivity contribution in [3.8, 4) is 34.3 Å². The maximum atomic E-state index is 13.4. The predicted octanol–water partition coefficient (Wildman–Crippen LogP) is 6.95. The van der Waals surface area contributed by atoms with E-state index < -0.39 is 0 Å². The van der Waals surface area contributed by atoms with Gasteiger partial charge in [0.15, 0.2) is 22.5 Å². The Morgan fingerprint density at radius 1 is 0.730 bits per heavy atom. The number of hydrogen-bond donors (Lipinski definition) is 0. The van der Waals surface area contributed by atoms with Crippen LogP contribution in [0.3, 0.4) is 0 Å². The molecular formula is C30H21IO6. The molecule has 1 aromatic heterocycles. The van der Waals surface area contributed by atoms with Crippen LogP contribution in [0.1, 0.15) is 11.1 Å². The second kappa shape index (κ2) is 10.2. The zero-order chi connectivity index (χ0) is 25.2. The normalized spacial score (nSPS) is 12.0. The molecule has 0 bridgehead atoms. The largest absolute Gasteiger partial charge is 0.488 e. The van der Waals surface area contributed by atoms with Crippen molar-refractivity contribution < 1.29 is 23.4 Å². The van der Waals surface area contributed by atoms with Crippen LogP contribution in [0.25, 0.3) is 22.3 Å². The van der Waals surface area contributed by atoms with Crippen molar-refractivity contribution in [2.24, 2.45) is 0 Å². The Morgan fingerprint density at radius 3 is 2.08 bits per heavy atom.